The van der Waals surface area contributed by atoms with Crippen LogP contribution < -0.4 is 15.8 Å². The van der Waals surface area contributed by atoms with Crippen LogP contribution in [0.5, 0.6) is 0 Å². The number of amides is 1. The van der Waals surface area contributed by atoms with Gasteiger partial charge in [0.15, 0.2) is 11.6 Å². The number of rotatable bonds is 4. The molecule has 1 amide bonds. The zero-order chi connectivity index (χ0) is 28.4. The molecule has 0 saturated heterocycles. The lowest BCUT2D eigenvalue weighted by Crippen LogP contribution is -2.39. The Labute approximate surface area is 237 Å². The molecule has 7 heterocycles. The van der Waals surface area contributed by atoms with Crippen LogP contribution in [0.3, 0.4) is 0 Å². The molecule has 0 saturated carbocycles. The lowest BCUT2D eigenvalue weighted by molar-refractivity contribution is 0.0975. The quantitative estimate of drug-likeness (QED) is 0.413. The molecule has 212 valence electrons. The fourth-order valence-corrected chi connectivity index (χ4v) is 6.55. The number of carbonyl (C=O) groups is 1. The number of nitrogens with one attached hydrogen (secondary N) is 1. The first-order valence-electron chi connectivity index (χ1n) is 14.2. The number of aromatic nitrogens is 5. The highest BCUT2D eigenvalue weighted by atomic mass is 19.1. The van der Waals surface area contributed by atoms with E-state index in [0.29, 0.717) is 42.4 Å². The van der Waals surface area contributed by atoms with E-state index in [1.807, 2.05) is 34.4 Å². The summed E-state index contributed by atoms with van der Waals surface area (Å²) in [5.41, 5.74) is 5.44. The Morgan fingerprint density at radius 1 is 1.00 bits per heavy atom. The second-order valence-electron chi connectivity index (χ2n) is 11.4. The van der Waals surface area contributed by atoms with Crippen LogP contribution in [0.15, 0.2) is 35.4 Å². The summed E-state index contributed by atoms with van der Waals surface area (Å²) < 4.78 is 21.0. The van der Waals surface area contributed by atoms with E-state index < -0.39 is 0 Å². The third-order valence-corrected chi connectivity index (χ3v) is 8.67. The zero-order valence-corrected chi connectivity index (χ0v) is 23.6. The molecule has 0 aromatic carbocycles. The Morgan fingerprint density at radius 2 is 1.85 bits per heavy atom. The lowest BCUT2D eigenvalue weighted by Gasteiger charge is -2.29. The minimum Gasteiger partial charge on any atom is -0.345 e. The molecular weight excluding hydrogens is 523 g/mol. The summed E-state index contributed by atoms with van der Waals surface area (Å²) in [5, 5.41) is 7.88. The number of anilines is 3. The van der Waals surface area contributed by atoms with E-state index in [4.69, 9.17) is 0 Å². The number of fused-ring (bicyclic) bond motifs is 4. The zero-order valence-electron chi connectivity index (χ0n) is 23.6. The summed E-state index contributed by atoms with van der Waals surface area (Å²) in [6.45, 7) is 5.65. The van der Waals surface area contributed by atoms with Crippen LogP contribution in [-0.2, 0) is 39.5 Å². The fraction of sp³-hybridized carbons (Fsp3) is 0.400. The highest BCUT2D eigenvalue weighted by Crippen LogP contribution is 2.36. The number of pyridine rings is 2. The van der Waals surface area contributed by atoms with Gasteiger partial charge in [0.2, 0.25) is 0 Å². The average Bonchev–Trinajstić information content (AvgIpc) is 3.49. The molecule has 0 spiro atoms. The monoisotopic (exact) mass is 556 g/mol. The Morgan fingerprint density at radius 3 is 2.71 bits per heavy atom. The minimum absolute atomic E-state index is 0.171. The molecule has 11 heteroatoms. The van der Waals surface area contributed by atoms with Crippen molar-refractivity contribution in [3.05, 3.63) is 75.0 Å². The number of hydrogen-bond acceptors (Lipinski definition) is 6. The van der Waals surface area contributed by atoms with Crippen molar-refractivity contribution in [2.24, 2.45) is 7.05 Å². The van der Waals surface area contributed by atoms with Gasteiger partial charge < -0.3 is 14.5 Å². The molecule has 1 N–H and O–H groups in total. The van der Waals surface area contributed by atoms with Crippen molar-refractivity contribution in [1.29, 1.82) is 0 Å². The van der Waals surface area contributed by atoms with E-state index in [1.54, 1.807) is 28.9 Å². The van der Waals surface area contributed by atoms with Gasteiger partial charge in [-0.15, -0.1) is 0 Å². The molecule has 3 aliphatic heterocycles. The molecule has 7 rings (SSSR count). The van der Waals surface area contributed by atoms with Gasteiger partial charge in [-0.1, -0.05) is 0 Å². The van der Waals surface area contributed by atoms with Gasteiger partial charge in [-0.2, -0.15) is 5.10 Å². The van der Waals surface area contributed by atoms with E-state index in [2.05, 4.69) is 27.3 Å². The topological polar surface area (TPSA) is 93.2 Å². The van der Waals surface area contributed by atoms with Gasteiger partial charge in [0.05, 0.1) is 23.5 Å². The summed E-state index contributed by atoms with van der Waals surface area (Å²) in [4.78, 5) is 35.2. The number of hydrogen-bond donors (Lipinski definition) is 1. The first-order valence-corrected chi connectivity index (χ1v) is 14.2. The highest BCUT2D eigenvalue weighted by Gasteiger charge is 2.36. The molecule has 10 nitrogen and oxygen atoms in total. The summed E-state index contributed by atoms with van der Waals surface area (Å²) >= 11 is 0. The fourth-order valence-electron chi connectivity index (χ4n) is 6.55. The molecule has 0 unspecified atom stereocenters. The normalized spacial score (nSPS) is 16.9. The second-order valence-corrected chi connectivity index (χ2v) is 11.4. The molecule has 4 aromatic rings. The van der Waals surface area contributed by atoms with Gasteiger partial charge in [-0.3, -0.25) is 24.1 Å². The van der Waals surface area contributed by atoms with Crippen molar-refractivity contribution in [3.63, 3.8) is 0 Å². The molecule has 0 radical (unpaired) electrons. The van der Waals surface area contributed by atoms with E-state index >= 15 is 4.39 Å². The largest absolute Gasteiger partial charge is 0.345 e. The van der Waals surface area contributed by atoms with Gasteiger partial charge in [0.25, 0.3) is 11.5 Å². The maximum Gasteiger partial charge on any atom is 0.274 e. The third kappa shape index (κ3) is 4.18. The maximum atomic E-state index is 15.4. The molecule has 3 aliphatic rings. The van der Waals surface area contributed by atoms with Crippen molar-refractivity contribution in [2.75, 3.05) is 30.4 Å². The Bertz CT molecular complexity index is 1770. The van der Waals surface area contributed by atoms with E-state index in [1.165, 1.54) is 0 Å². The second kappa shape index (κ2) is 9.69. The number of nitrogens with zero attached hydrogens (tertiary/aromatic N) is 7. The summed E-state index contributed by atoms with van der Waals surface area (Å²) in [6, 6.07) is 5.67. The van der Waals surface area contributed by atoms with Crippen LogP contribution >= 0.6 is 0 Å². The van der Waals surface area contributed by atoms with Crippen LogP contribution in [0.4, 0.5) is 21.7 Å². The van der Waals surface area contributed by atoms with Gasteiger partial charge in [0.1, 0.15) is 11.5 Å². The van der Waals surface area contributed by atoms with Gasteiger partial charge in [-0.25, -0.2) is 9.37 Å². The first-order chi connectivity index (χ1) is 19.8. The van der Waals surface area contributed by atoms with Crippen LogP contribution in [0, 0.1) is 12.7 Å². The third-order valence-electron chi connectivity index (χ3n) is 8.67. The number of likely N-dealkylation sites (N-methyl/N-ethyl adjacent to an activating group) is 1. The molecule has 0 fully saturated rings. The lowest BCUT2D eigenvalue weighted by atomic mass is 10.0. The smallest absolute Gasteiger partial charge is 0.274 e. The van der Waals surface area contributed by atoms with E-state index in [-0.39, 0.29) is 22.8 Å². The predicted molar refractivity (Wildman–Crippen MR) is 154 cm³/mol. The Hall–Kier alpha value is -4.25. The SMILES string of the molecule is Cc1c(-c2cc(Nc3cc4n(n3)CCN(C)C4)c(=O)n(C)c2)ccnc1N1CCc2c(c(F)c3n2CCCC3)C1=O. The van der Waals surface area contributed by atoms with E-state index in [0.717, 1.165) is 67.1 Å². The number of aryl methyl sites for hydroxylation is 1. The van der Waals surface area contributed by atoms with E-state index in [9.17, 15) is 9.59 Å². The van der Waals surface area contributed by atoms with Crippen molar-refractivity contribution >= 4 is 23.2 Å². The van der Waals surface area contributed by atoms with Crippen LogP contribution in [0.1, 0.15) is 45.8 Å². The Balaban J connectivity index is 1.23. The van der Waals surface area contributed by atoms with Crippen LogP contribution in [-0.4, -0.2) is 54.8 Å². The first kappa shape index (κ1) is 25.7. The van der Waals surface area contributed by atoms with Crippen molar-refractivity contribution in [1.82, 2.24) is 28.8 Å². The van der Waals surface area contributed by atoms with Crippen LogP contribution in [0.2, 0.25) is 0 Å². The van der Waals surface area contributed by atoms with Crippen LogP contribution in [0.25, 0.3) is 11.1 Å². The predicted octanol–water partition coefficient (Wildman–Crippen LogP) is 3.62. The molecule has 4 aromatic heterocycles. The summed E-state index contributed by atoms with van der Waals surface area (Å²) in [7, 11) is 3.79. The number of carbonyl (C=O) groups excluding carboxylic acids is 1. The molecule has 41 heavy (non-hydrogen) atoms. The maximum absolute atomic E-state index is 15.4. The van der Waals surface area contributed by atoms with Gasteiger partial charge in [-0.05, 0) is 56.5 Å². The molecule has 0 bridgehead atoms. The standard InChI is InChI=1S/C30H33FN8O2/c1-18-21(19-14-22(29(40)36(3)16-19)33-25-15-20-17-35(2)12-13-39(20)34-25)7-9-32-28(18)38-11-8-23-26(30(38)41)27(31)24-6-4-5-10-37(23)24/h7,9,14-16H,4-6,8,10-13,17H2,1-3H3,(H,33,34). The van der Waals surface area contributed by atoms with Gasteiger partial charge >= 0.3 is 0 Å². The number of halogens is 1. The summed E-state index contributed by atoms with van der Waals surface area (Å²) in [5.74, 6) is 0.430. The minimum atomic E-state index is -0.371. The molecule has 0 aliphatic carbocycles. The van der Waals surface area contributed by atoms with Crippen molar-refractivity contribution in [2.45, 2.75) is 52.2 Å². The average molecular weight is 557 g/mol. The van der Waals surface area contributed by atoms with Gasteiger partial charge in [0, 0.05) is 69.4 Å². The molecular formula is C30H33FN8O2. The highest BCUT2D eigenvalue weighted by molar-refractivity contribution is 6.08. The molecule has 0 atom stereocenters. The van der Waals surface area contributed by atoms with Crippen molar-refractivity contribution in [3.8, 4) is 11.1 Å². The Kier molecular flexibility index (Phi) is 6.07. The summed E-state index contributed by atoms with van der Waals surface area (Å²) in [6.07, 6.45) is 6.65. The van der Waals surface area contributed by atoms with Crippen molar-refractivity contribution < 1.29 is 9.18 Å².